The van der Waals surface area contributed by atoms with Crippen molar-refractivity contribution in [3.8, 4) is 0 Å². The first-order valence-electron chi connectivity index (χ1n) is 8.70. The normalized spacial score (nSPS) is 14.6. The third-order valence-electron chi connectivity index (χ3n) is 3.90. The van der Waals surface area contributed by atoms with Gasteiger partial charge in [0.15, 0.2) is 5.96 Å². The van der Waals surface area contributed by atoms with Crippen molar-refractivity contribution in [3.05, 3.63) is 42.0 Å². The number of benzene rings is 1. The van der Waals surface area contributed by atoms with Gasteiger partial charge in [-0.05, 0) is 37.0 Å². The average Bonchev–Trinajstić information content (AvgIpc) is 3.07. The minimum Gasteiger partial charge on any atom is -0.364 e. The molecule has 1 aromatic carbocycles. The van der Waals surface area contributed by atoms with Crippen LogP contribution in [0.3, 0.4) is 0 Å². The van der Waals surface area contributed by atoms with E-state index in [-0.39, 0.29) is 0 Å². The van der Waals surface area contributed by atoms with E-state index in [4.69, 9.17) is 0 Å². The van der Waals surface area contributed by atoms with E-state index in [0.29, 0.717) is 12.5 Å². The minimum absolute atomic E-state index is 0.704. The molecule has 2 N–H and O–H groups in total. The van der Waals surface area contributed by atoms with E-state index in [2.05, 4.69) is 77.7 Å². The first-order chi connectivity index (χ1) is 11.2. The summed E-state index contributed by atoms with van der Waals surface area (Å²) < 4.78 is 0. The van der Waals surface area contributed by atoms with E-state index in [1.165, 1.54) is 11.3 Å². The Kier molecular flexibility index (Phi) is 6.98. The van der Waals surface area contributed by atoms with Gasteiger partial charge in [0.1, 0.15) is 0 Å². The van der Waals surface area contributed by atoms with Crippen LogP contribution in [0.5, 0.6) is 0 Å². The molecule has 0 aliphatic carbocycles. The summed E-state index contributed by atoms with van der Waals surface area (Å²) in [4.78, 5) is 7.03. The SMILES string of the molecule is CCNC(=NCc1ccc(N2CC=CC2)cc1)NCCC(C)C. The molecule has 0 amide bonds. The van der Waals surface area contributed by atoms with E-state index in [9.17, 15) is 0 Å². The van der Waals surface area contributed by atoms with Crippen LogP contribution in [0.25, 0.3) is 0 Å². The molecule has 1 aliphatic heterocycles. The van der Waals surface area contributed by atoms with E-state index in [1.54, 1.807) is 0 Å². The average molecular weight is 314 g/mol. The Morgan fingerprint density at radius 3 is 2.43 bits per heavy atom. The Bertz CT molecular complexity index is 509. The van der Waals surface area contributed by atoms with Crippen molar-refractivity contribution in [1.82, 2.24) is 10.6 Å². The van der Waals surface area contributed by atoms with Gasteiger partial charge in [-0.25, -0.2) is 4.99 Å². The Morgan fingerprint density at radius 1 is 1.13 bits per heavy atom. The maximum absolute atomic E-state index is 4.68. The summed E-state index contributed by atoms with van der Waals surface area (Å²) in [6, 6.07) is 8.73. The number of aliphatic imine (C=N–C) groups is 1. The molecule has 1 heterocycles. The first kappa shape index (κ1) is 17.4. The van der Waals surface area contributed by atoms with Crippen molar-refractivity contribution in [3.63, 3.8) is 0 Å². The van der Waals surface area contributed by atoms with Crippen LogP contribution in [-0.4, -0.2) is 32.1 Å². The smallest absolute Gasteiger partial charge is 0.191 e. The van der Waals surface area contributed by atoms with Crippen molar-refractivity contribution >= 4 is 11.6 Å². The van der Waals surface area contributed by atoms with Gasteiger partial charge in [-0.3, -0.25) is 0 Å². The Labute approximate surface area is 140 Å². The monoisotopic (exact) mass is 314 g/mol. The van der Waals surface area contributed by atoms with Crippen LogP contribution >= 0.6 is 0 Å². The van der Waals surface area contributed by atoms with Gasteiger partial charge in [0, 0.05) is 31.9 Å². The molecule has 0 saturated heterocycles. The van der Waals surface area contributed by atoms with Gasteiger partial charge >= 0.3 is 0 Å². The third kappa shape index (κ3) is 5.97. The number of anilines is 1. The molecule has 0 spiro atoms. The van der Waals surface area contributed by atoms with Crippen molar-refractivity contribution in [2.75, 3.05) is 31.1 Å². The second-order valence-corrected chi connectivity index (χ2v) is 6.35. The van der Waals surface area contributed by atoms with Crippen LogP contribution in [-0.2, 0) is 6.54 Å². The van der Waals surface area contributed by atoms with E-state index >= 15 is 0 Å². The van der Waals surface area contributed by atoms with Gasteiger partial charge in [-0.1, -0.05) is 38.1 Å². The number of nitrogens with zero attached hydrogens (tertiary/aromatic N) is 2. The van der Waals surface area contributed by atoms with Gasteiger partial charge in [-0.15, -0.1) is 0 Å². The van der Waals surface area contributed by atoms with Crippen molar-refractivity contribution in [2.24, 2.45) is 10.9 Å². The highest BCUT2D eigenvalue weighted by Gasteiger charge is 2.07. The summed E-state index contributed by atoms with van der Waals surface area (Å²) in [6.07, 6.45) is 5.58. The molecule has 2 rings (SSSR count). The lowest BCUT2D eigenvalue weighted by atomic mass is 10.1. The van der Waals surface area contributed by atoms with Crippen LogP contribution in [0, 0.1) is 5.92 Å². The predicted octanol–water partition coefficient (Wildman–Crippen LogP) is 3.16. The predicted molar refractivity (Wildman–Crippen MR) is 100 cm³/mol. The number of guanidine groups is 1. The maximum Gasteiger partial charge on any atom is 0.191 e. The van der Waals surface area contributed by atoms with Gasteiger partial charge in [-0.2, -0.15) is 0 Å². The van der Waals surface area contributed by atoms with Crippen LogP contribution in [0.2, 0.25) is 0 Å². The van der Waals surface area contributed by atoms with E-state index < -0.39 is 0 Å². The van der Waals surface area contributed by atoms with Gasteiger partial charge in [0.25, 0.3) is 0 Å². The topological polar surface area (TPSA) is 39.7 Å². The summed E-state index contributed by atoms with van der Waals surface area (Å²) in [5.74, 6) is 1.61. The highest BCUT2D eigenvalue weighted by atomic mass is 15.2. The zero-order chi connectivity index (χ0) is 16.5. The molecule has 0 saturated carbocycles. The molecule has 0 fully saturated rings. The van der Waals surface area contributed by atoms with Gasteiger partial charge < -0.3 is 15.5 Å². The second kappa shape index (κ2) is 9.23. The molecule has 0 atom stereocenters. The highest BCUT2D eigenvalue weighted by molar-refractivity contribution is 5.79. The van der Waals surface area contributed by atoms with Crippen molar-refractivity contribution in [2.45, 2.75) is 33.7 Å². The molecule has 1 aromatic rings. The lowest BCUT2D eigenvalue weighted by Crippen LogP contribution is -2.38. The summed E-state index contributed by atoms with van der Waals surface area (Å²) in [5.41, 5.74) is 2.52. The quantitative estimate of drug-likeness (QED) is 0.461. The molecule has 1 aliphatic rings. The Balaban J connectivity index is 1.87. The number of hydrogen-bond acceptors (Lipinski definition) is 2. The fourth-order valence-corrected chi connectivity index (χ4v) is 2.49. The summed E-state index contributed by atoms with van der Waals surface area (Å²) >= 11 is 0. The highest BCUT2D eigenvalue weighted by Crippen LogP contribution is 2.17. The van der Waals surface area contributed by atoms with E-state index in [0.717, 1.165) is 38.6 Å². The molecule has 23 heavy (non-hydrogen) atoms. The fourth-order valence-electron chi connectivity index (χ4n) is 2.49. The maximum atomic E-state index is 4.68. The van der Waals surface area contributed by atoms with Crippen LogP contribution in [0.1, 0.15) is 32.8 Å². The van der Waals surface area contributed by atoms with Crippen LogP contribution in [0.15, 0.2) is 41.4 Å². The van der Waals surface area contributed by atoms with Crippen molar-refractivity contribution < 1.29 is 0 Å². The van der Waals surface area contributed by atoms with Gasteiger partial charge in [0.05, 0.1) is 6.54 Å². The van der Waals surface area contributed by atoms with Gasteiger partial charge in [0.2, 0.25) is 0 Å². The summed E-state index contributed by atoms with van der Waals surface area (Å²) in [7, 11) is 0. The number of hydrogen-bond donors (Lipinski definition) is 2. The Morgan fingerprint density at radius 2 is 1.83 bits per heavy atom. The molecule has 4 heteroatoms. The Hall–Kier alpha value is -1.97. The molecular weight excluding hydrogens is 284 g/mol. The molecule has 126 valence electrons. The fraction of sp³-hybridized carbons (Fsp3) is 0.526. The van der Waals surface area contributed by atoms with Crippen molar-refractivity contribution in [1.29, 1.82) is 0 Å². The molecule has 4 nitrogen and oxygen atoms in total. The third-order valence-corrected chi connectivity index (χ3v) is 3.90. The van der Waals surface area contributed by atoms with E-state index in [1.807, 2.05) is 0 Å². The minimum atomic E-state index is 0.704. The lowest BCUT2D eigenvalue weighted by molar-refractivity contribution is 0.573. The number of rotatable bonds is 7. The summed E-state index contributed by atoms with van der Waals surface area (Å²) in [5, 5.41) is 6.71. The van der Waals surface area contributed by atoms with Crippen LogP contribution in [0.4, 0.5) is 5.69 Å². The lowest BCUT2D eigenvalue weighted by Gasteiger charge is -2.17. The zero-order valence-corrected chi connectivity index (χ0v) is 14.7. The molecular formula is C19H30N4. The molecule has 0 radical (unpaired) electrons. The zero-order valence-electron chi connectivity index (χ0n) is 14.7. The standard InChI is InChI=1S/C19H30N4/c1-4-20-19(21-12-11-16(2)3)22-15-17-7-9-18(10-8-17)23-13-5-6-14-23/h5-10,16H,4,11-15H2,1-3H3,(H2,20,21,22). The summed E-state index contributed by atoms with van der Waals surface area (Å²) in [6.45, 7) is 11.2. The molecule has 0 aromatic heterocycles. The second-order valence-electron chi connectivity index (χ2n) is 6.35. The largest absolute Gasteiger partial charge is 0.364 e. The first-order valence-corrected chi connectivity index (χ1v) is 8.70. The number of nitrogens with one attached hydrogen (secondary N) is 2. The molecule has 0 bridgehead atoms. The molecule has 0 unspecified atom stereocenters. The van der Waals surface area contributed by atoms with Crippen LogP contribution < -0.4 is 15.5 Å².